The van der Waals surface area contributed by atoms with Crippen LogP contribution in [0.15, 0.2) is 46.8 Å². The number of thiophene rings is 1. The first-order valence-electron chi connectivity index (χ1n) is 11.1. The van der Waals surface area contributed by atoms with Gasteiger partial charge in [-0.05, 0) is 67.4 Å². The molecule has 0 saturated carbocycles. The number of hydrogen-bond donors (Lipinski definition) is 3. The minimum Gasteiger partial charge on any atom is -0.356 e. The van der Waals surface area contributed by atoms with Crippen molar-refractivity contribution in [1.29, 1.82) is 0 Å². The van der Waals surface area contributed by atoms with E-state index in [-0.39, 0.29) is 29.9 Å². The number of carbonyl (C=O) groups is 1. The Morgan fingerprint density at radius 1 is 1.19 bits per heavy atom. The number of likely N-dealkylation sites (tertiary alicyclic amines) is 1. The van der Waals surface area contributed by atoms with Crippen LogP contribution in [0.5, 0.6) is 0 Å². The summed E-state index contributed by atoms with van der Waals surface area (Å²) in [5.74, 6) is 1.61. The molecule has 6 nitrogen and oxygen atoms in total. The standard InChI is InChI=1S/C24H35N5OS.HI/c1-18-11-14-29(15-12-18)22(23-5-4-16-31-23)17-27-24(25-3)26-13-10-20-6-8-21(9-7-20)28-19(2)30;/h4-9,16,18,22H,10-15,17H2,1-3H3,(H,28,30)(H2,25,26,27);1H. The fourth-order valence-corrected chi connectivity index (χ4v) is 4.79. The molecule has 3 N–H and O–H groups in total. The number of anilines is 1. The van der Waals surface area contributed by atoms with E-state index in [4.69, 9.17) is 0 Å². The number of nitrogens with one attached hydrogen (secondary N) is 3. The topological polar surface area (TPSA) is 68.8 Å². The number of amides is 1. The van der Waals surface area contributed by atoms with Crippen LogP contribution in [0.1, 0.15) is 43.2 Å². The van der Waals surface area contributed by atoms with Crippen molar-refractivity contribution in [3.63, 3.8) is 0 Å². The van der Waals surface area contributed by atoms with Gasteiger partial charge < -0.3 is 16.0 Å². The minimum absolute atomic E-state index is 0. The van der Waals surface area contributed by atoms with Crippen molar-refractivity contribution in [2.24, 2.45) is 10.9 Å². The summed E-state index contributed by atoms with van der Waals surface area (Å²) in [5.41, 5.74) is 2.05. The second-order valence-corrected chi connectivity index (χ2v) is 9.24. The van der Waals surface area contributed by atoms with E-state index >= 15 is 0 Å². The van der Waals surface area contributed by atoms with Crippen LogP contribution in [-0.2, 0) is 11.2 Å². The van der Waals surface area contributed by atoms with Crippen LogP contribution in [0.25, 0.3) is 0 Å². The molecular formula is C24H36IN5OS. The molecule has 1 aliphatic heterocycles. The summed E-state index contributed by atoms with van der Waals surface area (Å²) in [7, 11) is 1.82. The van der Waals surface area contributed by atoms with Gasteiger partial charge in [-0.2, -0.15) is 0 Å². The molecule has 1 aromatic carbocycles. The van der Waals surface area contributed by atoms with Gasteiger partial charge in [-0.25, -0.2) is 0 Å². The van der Waals surface area contributed by atoms with Crippen molar-refractivity contribution < 1.29 is 4.79 Å². The van der Waals surface area contributed by atoms with Crippen LogP contribution in [0.4, 0.5) is 5.69 Å². The zero-order chi connectivity index (χ0) is 22.1. The smallest absolute Gasteiger partial charge is 0.221 e. The number of rotatable bonds is 8. The Kier molecular flexibility index (Phi) is 11.5. The van der Waals surface area contributed by atoms with Gasteiger partial charge >= 0.3 is 0 Å². The van der Waals surface area contributed by atoms with Crippen molar-refractivity contribution in [3.8, 4) is 0 Å². The number of hydrogen-bond acceptors (Lipinski definition) is 4. The minimum atomic E-state index is -0.0517. The molecule has 32 heavy (non-hydrogen) atoms. The molecule has 176 valence electrons. The number of carbonyl (C=O) groups excluding carboxylic acids is 1. The maximum Gasteiger partial charge on any atom is 0.221 e. The molecule has 1 unspecified atom stereocenters. The maximum atomic E-state index is 11.1. The van der Waals surface area contributed by atoms with E-state index in [0.717, 1.165) is 50.2 Å². The summed E-state index contributed by atoms with van der Waals surface area (Å²) in [6.07, 6.45) is 3.44. The van der Waals surface area contributed by atoms with Gasteiger partial charge in [0.15, 0.2) is 5.96 Å². The van der Waals surface area contributed by atoms with Gasteiger partial charge in [0, 0.05) is 37.6 Å². The first kappa shape index (κ1) is 26.6. The quantitative estimate of drug-likeness (QED) is 0.249. The van der Waals surface area contributed by atoms with Crippen LogP contribution in [0.3, 0.4) is 0 Å². The molecule has 1 saturated heterocycles. The van der Waals surface area contributed by atoms with Crippen molar-refractivity contribution >= 4 is 52.9 Å². The fraction of sp³-hybridized carbons (Fsp3) is 0.500. The average molecular weight is 570 g/mol. The first-order chi connectivity index (χ1) is 15.0. The summed E-state index contributed by atoms with van der Waals surface area (Å²) in [6, 6.07) is 12.7. The highest BCUT2D eigenvalue weighted by Crippen LogP contribution is 2.29. The summed E-state index contributed by atoms with van der Waals surface area (Å²) in [5, 5.41) is 11.9. The molecule has 0 aliphatic carbocycles. The number of aliphatic imine (C=N–C) groups is 1. The number of nitrogens with zero attached hydrogens (tertiary/aromatic N) is 2. The Bertz CT molecular complexity index is 833. The van der Waals surface area contributed by atoms with E-state index in [9.17, 15) is 4.79 Å². The van der Waals surface area contributed by atoms with E-state index in [1.807, 2.05) is 42.6 Å². The van der Waals surface area contributed by atoms with Crippen LogP contribution in [0.2, 0.25) is 0 Å². The lowest BCUT2D eigenvalue weighted by Crippen LogP contribution is -2.45. The number of benzene rings is 1. The van der Waals surface area contributed by atoms with E-state index in [0.29, 0.717) is 6.04 Å². The Morgan fingerprint density at radius 3 is 2.50 bits per heavy atom. The van der Waals surface area contributed by atoms with Gasteiger partial charge in [0.1, 0.15) is 0 Å². The average Bonchev–Trinajstić information content (AvgIpc) is 3.29. The van der Waals surface area contributed by atoms with Crippen molar-refractivity contribution in [2.45, 2.75) is 39.2 Å². The third-order valence-electron chi connectivity index (χ3n) is 5.80. The highest BCUT2D eigenvalue weighted by molar-refractivity contribution is 14.0. The lowest BCUT2D eigenvalue weighted by molar-refractivity contribution is -0.114. The predicted octanol–water partition coefficient (Wildman–Crippen LogP) is 4.51. The highest BCUT2D eigenvalue weighted by Gasteiger charge is 2.25. The molecule has 1 fully saturated rings. The number of halogens is 1. The molecule has 0 spiro atoms. The van der Waals surface area contributed by atoms with E-state index in [2.05, 4.69) is 50.3 Å². The second-order valence-electron chi connectivity index (χ2n) is 8.26. The van der Waals surface area contributed by atoms with E-state index < -0.39 is 0 Å². The SMILES string of the molecule is CN=C(NCCc1ccc(NC(C)=O)cc1)NCC(c1cccs1)N1CCC(C)CC1.I. The summed E-state index contributed by atoms with van der Waals surface area (Å²) >= 11 is 1.84. The molecule has 1 aromatic heterocycles. The zero-order valence-corrected chi connectivity index (χ0v) is 22.4. The molecule has 8 heteroatoms. The molecule has 0 radical (unpaired) electrons. The first-order valence-corrected chi connectivity index (χ1v) is 12.0. The van der Waals surface area contributed by atoms with Crippen LogP contribution in [0, 0.1) is 5.92 Å². The van der Waals surface area contributed by atoms with Crippen LogP contribution < -0.4 is 16.0 Å². The predicted molar refractivity (Wildman–Crippen MR) is 146 cm³/mol. The van der Waals surface area contributed by atoms with Gasteiger partial charge in [-0.1, -0.05) is 25.1 Å². The lowest BCUT2D eigenvalue weighted by Gasteiger charge is -2.36. The molecule has 1 aliphatic rings. The Hall–Kier alpha value is -1.65. The fourth-order valence-electron chi connectivity index (χ4n) is 3.93. The highest BCUT2D eigenvalue weighted by atomic mass is 127. The number of guanidine groups is 1. The van der Waals surface area contributed by atoms with Crippen LogP contribution >= 0.6 is 35.3 Å². The largest absolute Gasteiger partial charge is 0.356 e. The zero-order valence-electron chi connectivity index (χ0n) is 19.3. The third kappa shape index (κ3) is 8.37. The normalized spacial score (nSPS) is 16.2. The Morgan fingerprint density at radius 2 is 1.91 bits per heavy atom. The second kappa shape index (κ2) is 13.8. The van der Waals surface area contributed by atoms with Crippen molar-refractivity contribution in [2.75, 3.05) is 38.5 Å². The monoisotopic (exact) mass is 569 g/mol. The van der Waals surface area contributed by atoms with Gasteiger partial charge in [0.25, 0.3) is 0 Å². The molecule has 3 rings (SSSR count). The Labute approximate surface area is 213 Å². The van der Waals surface area contributed by atoms with E-state index in [1.54, 1.807) is 0 Å². The maximum absolute atomic E-state index is 11.1. The molecule has 1 atom stereocenters. The van der Waals surface area contributed by atoms with Gasteiger partial charge in [0.05, 0.1) is 6.04 Å². The van der Waals surface area contributed by atoms with Crippen molar-refractivity contribution in [3.05, 3.63) is 52.2 Å². The lowest BCUT2D eigenvalue weighted by atomic mass is 9.97. The van der Waals surface area contributed by atoms with Gasteiger partial charge in [-0.3, -0.25) is 14.7 Å². The summed E-state index contributed by atoms with van der Waals surface area (Å²) in [6.45, 7) is 7.84. The van der Waals surface area contributed by atoms with Crippen LogP contribution in [-0.4, -0.2) is 50.0 Å². The van der Waals surface area contributed by atoms with E-state index in [1.165, 1.54) is 30.2 Å². The van der Waals surface area contributed by atoms with Gasteiger partial charge in [-0.15, -0.1) is 35.3 Å². The summed E-state index contributed by atoms with van der Waals surface area (Å²) in [4.78, 5) is 19.6. The summed E-state index contributed by atoms with van der Waals surface area (Å²) < 4.78 is 0. The molecule has 1 amide bonds. The molecular weight excluding hydrogens is 533 g/mol. The van der Waals surface area contributed by atoms with Gasteiger partial charge in [0.2, 0.25) is 5.91 Å². The molecule has 2 heterocycles. The Balaban J connectivity index is 0.00000363. The molecule has 2 aromatic rings. The third-order valence-corrected chi connectivity index (χ3v) is 6.77. The van der Waals surface area contributed by atoms with Crippen molar-refractivity contribution in [1.82, 2.24) is 15.5 Å². The number of piperidine rings is 1. The molecule has 0 bridgehead atoms.